The molecule has 0 aromatic carbocycles. The first-order valence-electron chi connectivity index (χ1n) is 6.22. The van der Waals surface area contributed by atoms with Gasteiger partial charge in [0, 0.05) is 24.8 Å². The van der Waals surface area contributed by atoms with Crippen molar-refractivity contribution in [3.8, 4) is 0 Å². The molecule has 0 bridgehead atoms. The topological polar surface area (TPSA) is 75.2 Å². The lowest BCUT2D eigenvalue weighted by molar-refractivity contribution is -0.130. The van der Waals surface area contributed by atoms with E-state index in [-0.39, 0.29) is 18.0 Å². The lowest BCUT2D eigenvalue weighted by Crippen LogP contribution is -2.38. The largest absolute Gasteiger partial charge is 0.341 e. The minimum absolute atomic E-state index is 0.00259. The summed E-state index contributed by atoms with van der Waals surface area (Å²) in [7, 11) is 0. The van der Waals surface area contributed by atoms with Crippen LogP contribution in [0.4, 0.5) is 0 Å². The summed E-state index contributed by atoms with van der Waals surface area (Å²) in [4.78, 5) is 38.9. The first-order valence-corrected chi connectivity index (χ1v) is 6.22. The molecule has 98 valence electrons. The first kappa shape index (κ1) is 12.6. The van der Waals surface area contributed by atoms with Crippen molar-refractivity contribution in [2.45, 2.75) is 32.7 Å². The van der Waals surface area contributed by atoms with E-state index in [0.717, 1.165) is 25.9 Å². The summed E-state index contributed by atoms with van der Waals surface area (Å²) in [5, 5.41) is 0. The van der Waals surface area contributed by atoms with E-state index in [1.807, 2.05) is 6.92 Å². The van der Waals surface area contributed by atoms with Gasteiger partial charge >= 0.3 is 5.69 Å². The zero-order valence-corrected chi connectivity index (χ0v) is 10.4. The van der Waals surface area contributed by atoms with Crippen LogP contribution < -0.4 is 11.2 Å². The second kappa shape index (κ2) is 5.20. The van der Waals surface area contributed by atoms with Gasteiger partial charge < -0.3 is 4.90 Å². The number of amides is 1. The smallest absolute Gasteiger partial charge is 0.328 e. The van der Waals surface area contributed by atoms with E-state index in [2.05, 4.69) is 4.98 Å². The third-order valence-corrected chi connectivity index (χ3v) is 3.23. The molecule has 6 heteroatoms. The number of rotatable bonds is 3. The maximum atomic E-state index is 11.9. The van der Waals surface area contributed by atoms with E-state index >= 15 is 0 Å². The summed E-state index contributed by atoms with van der Waals surface area (Å²) in [6.07, 6.45) is 4.06. The van der Waals surface area contributed by atoms with Crippen molar-refractivity contribution in [1.82, 2.24) is 14.5 Å². The average molecular weight is 251 g/mol. The summed E-state index contributed by atoms with van der Waals surface area (Å²) in [6.45, 7) is 3.36. The number of aromatic nitrogens is 2. The van der Waals surface area contributed by atoms with Crippen LogP contribution in [-0.2, 0) is 17.8 Å². The van der Waals surface area contributed by atoms with Crippen molar-refractivity contribution < 1.29 is 4.79 Å². The van der Waals surface area contributed by atoms with E-state index in [1.165, 1.54) is 10.8 Å². The van der Waals surface area contributed by atoms with Gasteiger partial charge in [-0.15, -0.1) is 0 Å². The normalized spacial score (nSPS) is 15.1. The molecule has 1 aromatic rings. The van der Waals surface area contributed by atoms with Gasteiger partial charge in [-0.2, -0.15) is 0 Å². The molecule has 1 saturated heterocycles. The van der Waals surface area contributed by atoms with Gasteiger partial charge in [0.1, 0.15) is 6.54 Å². The summed E-state index contributed by atoms with van der Waals surface area (Å²) < 4.78 is 1.28. The predicted molar refractivity (Wildman–Crippen MR) is 66.5 cm³/mol. The van der Waals surface area contributed by atoms with Gasteiger partial charge in [-0.1, -0.05) is 6.92 Å². The average Bonchev–Trinajstić information content (AvgIpc) is 2.86. The van der Waals surface area contributed by atoms with Crippen molar-refractivity contribution in [2.75, 3.05) is 13.1 Å². The number of aromatic amines is 1. The molecule has 0 saturated carbocycles. The van der Waals surface area contributed by atoms with E-state index in [4.69, 9.17) is 0 Å². The summed E-state index contributed by atoms with van der Waals surface area (Å²) in [5.41, 5.74) is -0.374. The van der Waals surface area contributed by atoms with Crippen LogP contribution in [-0.4, -0.2) is 33.4 Å². The lowest BCUT2D eigenvalue weighted by Gasteiger charge is -2.15. The Balaban J connectivity index is 2.20. The standard InChI is InChI=1S/C12H17N3O3/c1-2-9-7-15(12(18)13-11(9)17)8-10(16)14-5-3-4-6-14/h7H,2-6,8H2,1H3,(H,13,17,18). The van der Waals surface area contributed by atoms with E-state index in [9.17, 15) is 14.4 Å². The van der Waals surface area contributed by atoms with Gasteiger partial charge in [0.25, 0.3) is 5.56 Å². The minimum Gasteiger partial charge on any atom is -0.341 e. The molecule has 0 unspecified atom stereocenters. The molecule has 1 fully saturated rings. The van der Waals surface area contributed by atoms with E-state index in [0.29, 0.717) is 12.0 Å². The number of carbonyl (C=O) groups is 1. The summed E-state index contributed by atoms with van der Waals surface area (Å²) in [5.74, 6) is -0.0660. The molecule has 1 N–H and O–H groups in total. The highest BCUT2D eigenvalue weighted by Gasteiger charge is 2.18. The summed E-state index contributed by atoms with van der Waals surface area (Å²) in [6, 6.07) is 0. The quantitative estimate of drug-likeness (QED) is 0.803. The van der Waals surface area contributed by atoms with E-state index in [1.54, 1.807) is 4.90 Å². The molecule has 1 aliphatic heterocycles. The molecule has 0 aliphatic carbocycles. The number of likely N-dealkylation sites (tertiary alicyclic amines) is 1. The molecule has 0 atom stereocenters. The molecule has 18 heavy (non-hydrogen) atoms. The van der Waals surface area contributed by atoms with Crippen LogP contribution >= 0.6 is 0 Å². The Morgan fingerprint density at radius 2 is 2.00 bits per heavy atom. The molecule has 2 rings (SSSR count). The fourth-order valence-electron chi connectivity index (χ4n) is 2.14. The van der Waals surface area contributed by atoms with Gasteiger partial charge in [0.2, 0.25) is 5.91 Å². The fourth-order valence-corrected chi connectivity index (χ4v) is 2.14. The SMILES string of the molecule is CCc1cn(CC(=O)N2CCCC2)c(=O)[nH]c1=O. The predicted octanol–water partition coefficient (Wildman–Crippen LogP) is -0.279. The van der Waals surface area contributed by atoms with Crippen molar-refractivity contribution in [2.24, 2.45) is 0 Å². The summed E-state index contributed by atoms with van der Waals surface area (Å²) >= 11 is 0. The van der Waals surface area contributed by atoms with Crippen LogP contribution in [0.1, 0.15) is 25.3 Å². The molecule has 6 nitrogen and oxygen atoms in total. The van der Waals surface area contributed by atoms with Gasteiger partial charge in [-0.25, -0.2) is 4.79 Å². The molecule has 0 radical (unpaired) electrons. The van der Waals surface area contributed by atoms with Crippen LogP contribution in [0.5, 0.6) is 0 Å². The lowest BCUT2D eigenvalue weighted by atomic mass is 10.2. The number of carbonyl (C=O) groups excluding carboxylic acids is 1. The maximum Gasteiger partial charge on any atom is 0.328 e. The number of hydrogen-bond acceptors (Lipinski definition) is 3. The van der Waals surface area contributed by atoms with Crippen molar-refractivity contribution in [3.63, 3.8) is 0 Å². The molecule has 2 heterocycles. The van der Waals surface area contributed by atoms with Crippen LogP contribution in [0.25, 0.3) is 0 Å². The second-order valence-electron chi connectivity index (χ2n) is 4.48. The molecular weight excluding hydrogens is 234 g/mol. The number of nitrogens with one attached hydrogen (secondary N) is 1. The number of hydrogen-bond donors (Lipinski definition) is 1. The van der Waals surface area contributed by atoms with Crippen LogP contribution in [0, 0.1) is 0 Å². The highest BCUT2D eigenvalue weighted by atomic mass is 16.2. The van der Waals surface area contributed by atoms with Crippen molar-refractivity contribution in [3.05, 3.63) is 32.6 Å². The zero-order chi connectivity index (χ0) is 13.1. The number of aryl methyl sites for hydroxylation is 1. The first-order chi connectivity index (χ1) is 8.61. The van der Waals surface area contributed by atoms with Gasteiger partial charge in [-0.3, -0.25) is 19.1 Å². The van der Waals surface area contributed by atoms with Crippen LogP contribution in [0.3, 0.4) is 0 Å². The minimum atomic E-state index is -0.523. The Hall–Kier alpha value is -1.85. The Morgan fingerprint density at radius 1 is 1.33 bits per heavy atom. The third kappa shape index (κ3) is 2.52. The van der Waals surface area contributed by atoms with Crippen molar-refractivity contribution >= 4 is 5.91 Å². The number of nitrogens with zero attached hydrogens (tertiary/aromatic N) is 2. The molecule has 1 aliphatic rings. The second-order valence-corrected chi connectivity index (χ2v) is 4.48. The van der Waals surface area contributed by atoms with Gasteiger partial charge in [-0.05, 0) is 19.3 Å². The van der Waals surface area contributed by atoms with Crippen LogP contribution in [0.2, 0.25) is 0 Å². The Bertz CT molecular complexity index is 552. The van der Waals surface area contributed by atoms with E-state index < -0.39 is 5.69 Å². The molecular formula is C12H17N3O3. The Morgan fingerprint density at radius 3 is 2.61 bits per heavy atom. The monoisotopic (exact) mass is 251 g/mol. The Kier molecular flexibility index (Phi) is 3.64. The van der Waals surface area contributed by atoms with Gasteiger partial charge in [0.05, 0.1) is 0 Å². The highest BCUT2D eigenvalue weighted by molar-refractivity contribution is 5.76. The zero-order valence-electron chi connectivity index (χ0n) is 10.4. The number of H-pyrrole nitrogens is 1. The van der Waals surface area contributed by atoms with Gasteiger partial charge in [0.15, 0.2) is 0 Å². The third-order valence-electron chi connectivity index (χ3n) is 3.23. The molecule has 0 spiro atoms. The fraction of sp³-hybridized carbons (Fsp3) is 0.583. The van der Waals surface area contributed by atoms with Crippen LogP contribution in [0.15, 0.2) is 15.8 Å². The molecule has 1 amide bonds. The highest BCUT2D eigenvalue weighted by Crippen LogP contribution is 2.07. The Labute approximate surface area is 104 Å². The maximum absolute atomic E-state index is 11.9. The molecule has 1 aromatic heterocycles. The van der Waals surface area contributed by atoms with Crippen molar-refractivity contribution in [1.29, 1.82) is 0 Å².